The van der Waals surface area contributed by atoms with Crippen molar-refractivity contribution >= 4 is 34.0 Å². The Bertz CT molecular complexity index is 666. The highest BCUT2D eigenvalue weighted by molar-refractivity contribution is 7.16. The average Bonchev–Trinajstić information content (AvgIpc) is 2.93. The topological polar surface area (TPSA) is 67.2 Å². The maximum atomic E-state index is 12.0. The number of hydrogen-bond acceptors (Lipinski definition) is 4. The fraction of sp³-hybridized carbons (Fsp3) is 0.167. The molecular weight excluding hydrogens is 286 g/mol. The van der Waals surface area contributed by atoms with Crippen LogP contribution in [0.5, 0.6) is 0 Å². The van der Waals surface area contributed by atoms with Crippen LogP contribution in [0.4, 0.5) is 5.13 Å². The molecule has 0 bridgehead atoms. The van der Waals surface area contributed by atoms with Gasteiger partial charge in [-0.1, -0.05) is 34.8 Å². The molecule has 2 N–H and O–H groups in total. The molecule has 2 heterocycles. The SMILES string of the molecule is Cn1cc(Cl)cc1C(=O)Nc1ncc(C#CCO)s1. The fourth-order valence-electron chi connectivity index (χ4n) is 1.43. The Kier molecular flexibility index (Phi) is 4.22. The lowest BCUT2D eigenvalue weighted by Crippen LogP contribution is -2.14. The first-order chi connectivity index (χ1) is 9.10. The molecule has 0 unspecified atom stereocenters. The van der Waals surface area contributed by atoms with Gasteiger partial charge in [0.15, 0.2) is 5.13 Å². The minimum Gasteiger partial charge on any atom is -0.384 e. The van der Waals surface area contributed by atoms with Gasteiger partial charge in [-0.2, -0.15) is 0 Å². The first kappa shape index (κ1) is 13.6. The minimum absolute atomic E-state index is 0.207. The van der Waals surface area contributed by atoms with Gasteiger partial charge in [0, 0.05) is 13.2 Å². The highest BCUT2D eigenvalue weighted by Gasteiger charge is 2.12. The van der Waals surface area contributed by atoms with E-state index in [9.17, 15) is 4.79 Å². The van der Waals surface area contributed by atoms with Gasteiger partial charge in [-0.15, -0.1) is 0 Å². The van der Waals surface area contributed by atoms with E-state index in [1.165, 1.54) is 11.3 Å². The van der Waals surface area contributed by atoms with E-state index in [2.05, 4.69) is 22.1 Å². The number of hydrogen-bond donors (Lipinski definition) is 2. The number of aromatic nitrogens is 2. The van der Waals surface area contributed by atoms with E-state index in [0.717, 1.165) is 0 Å². The van der Waals surface area contributed by atoms with Gasteiger partial charge < -0.3 is 9.67 Å². The van der Waals surface area contributed by atoms with Gasteiger partial charge in [-0.3, -0.25) is 10.1 Å². The number of anilines is 1. The summed E-state index contributed by atoms with van der Waals surface area (Å²) in [5, 5.41) is 12.2. The number of nitrogens with one attached hydrogen (secondary N) is 1. The Morgan fingerprint density at radius 2 is 2.47 bits per heavy atom. The van der Waals surface area contributed by atoms with E-state index in [1.54, 1.807) is 30.1 Å². The van der Waals surface area contributed by atoms with Crippen LogP contribution in [0.15, 0.2) is 18.5 Å². The van der Waals surface area contributed by atoms with E-state index in [0.29, 0.717) is 20.7 Å². The zero-order valence-corrected chi connectivity index (χ0v) is 11.5. The highest BCUT2D eigenvalue weighted by atomic mass is 35.5. The van der Waals surface area contributed by atoms with Gasteiger partial charge in [0.25, 0.3) is 5.91 Å². The summed E-state index contributed by atoms with van der Waals surface area (Å²) >= 11 is 7.06. The first-order valence-electron chi connectivity index (χ1n) is 5.29. The Morgan fingerprint density at radius 1 is 1.68 bits per heavy atom. The van der Waals surface area contributed by atoms with Crippen LogP contribution in [0, 0.1) is 11.8 Å². The smallest absolute Gasteiger partial charge is 0.274 e. The molecule has 0 fully saturated rings. The molecule has 0 aliphatic rings. The monoisotopic (exact) mass is 295 g/mol. The van der Waals surface area contributed by atoms with Gasteiger partial charge in [0.1, 0.15) is 12.3 Å². The largest absolute Gasteiger partial charge is 0.384 e. The van der Waals surface area contributed by atoms with Crippen LogP contribution < -0.4 is 5.32 Å². The maximum Gasteiger partial charge on any atom is 0.274 e. The van der Waals surface area contributed by atoms with Crippen molar-refractivity contribution in [2.75, 3.05) is 11.9 Å². The summed E-state index contributed by atoms with van der Waals surface area (Å²) in [6.45, 7) is -0.207. The molecule has 0 saturated carbocycles. The summed E-state index contributed by atoms with van der Waals surface area (Å²) in [7, 11) is 1.74. The van der Waals surface area contributed by atoms with Gasteiger partial charge in [-0.25, -0.2) is 4.98 Å². The molecule has 19 heavy (non-hydrogen) atoms. The van der Waals surface area contributed by atoms with Crippen molar-refractivity contribution in [3.8, 4) is 11.8 Å². The number of carbonyl (C=O) groups excluding carboxylic acids is 1. The molecule has 0 aromatic carbocycles. The Balaban J connectivity index is 2.11. The number of halogens is 1. The summed E-state index contributed by atoms with van der Waals surface area (Å²) in [5.74, 6) is 4.95. The molecule has 0 atom stereocenters. The fourth-order valence-corrected chi connectivity index (χ4v) is 2.36. The second-order valence-corrected chi connectivity index (χ2v) is 5.07. The van der Waals surface area contributed by atoms with Crippen LogP contribution in [0.2, 0.25) is 5.02 Å². The maximum absolute atomic E-state index is 12.0. The third-order valence-electron chi connectivity index (χ3n) is 2.22. The van der Waals surface area contributed by atoms with Crippen LogP contribution in [-0.2, 0) is 7.05 Å². The highest BCUT2D eigenvalue weighted by Crippen LogP contribution is 2.19. The number of nitrogens with zero attached hydrogens (tertiary/aromatic N) is 2. The Morgan fingerprint density at radius 3 is 3.11 bits per heavy atom. The molecule has 0 aliphatic carbocycles. The second-order valence-electron chi connectivity index (χ2n) is 3.60. The molecule has 0 spiro atoms. The summed E-state index contributed by atoms with van der Waals surface area (Å²) in [6.07, 6.45) is 3.19. The normalized spacial score (nSPS) is 9.84. The van der Waals surface area contributed by atoms with Crippen molar-refractivity contribution in [1.82, 2.24) is 9.55 Å². The average molecular weight is 296 g/mol. The number of aryl methyl sites for hydroxylation is 1. The van der Waals surface area contributed by atoms with Crippen molar-refractivity contribution in [1.29, 1.82) is 0 Å². The summed E-state index contributed by atoms with van der Waals surface area (Å²) in [4.78, 5) is 16.7. The third-order valence-corrected chi connectivity index (χ3v) is 3.26. The summed E-state index contributed by atoms with van der Waals surface area (Å²) < 4.78 is 1.64. The first-order valence-corrected chi connectivity index (χ1v) is 6.48. The van der Waals surface area contributed by atoms with E-state index >= 15 is 0 Å². The number of carbonyl (C=O) groups is 1. The lowest BCUT2D eigenvalue weighted by atomic mass is 10.4. The summed E-state index contributed by atoms with van der Waals surface area (Å²) in [6, 6.07) is 1.58. The number of amides is 1. The van der Waals surface area contributed by atoms with Crippen LogP contribution >= 0.6 is 22.9 Å². The lowest BCUT2D eigenvalue weighted by molar-refractivity contribution is 0.101. The molecule has 2 aromatic heterocycles. The van der Waals surface area contributed by atoms with Gasteiger partial charge in [-0.05, 0) is 6.07 Å². The van der Waals surface area contributed by atoms with E-state index in [-0.39, 0.29) is 12.5 Å². The minimum atomic E-state index is -0.287. The van der Waals surface area contributed by atoms with E-state index in [1.807, 2.05) is 0 Å². The third kappa shape index (κ3) is 3.35. The number of rotatable bonds is 2. The molecule has 2 rings (SSSR count). The Hall–Kier alpha value is -1.81. The predicted molar refractivity (Wildman–Crippen MR) is 74.5 cm³/mol. The van der Waals surface area contributed by atoms with Crippen LogP contribution in [0.1, 0.15) is 15.4 Å². The van der Waals surface area contributed by atoms with Crippen molar-refractivity contribution in [2.45, 2.75) is 0 Å². The lowest BCUT2D eigenvalue weighted by Gasteiger charge is -2.01. The molecule has 2 aromatic rings. The van der Waals surface area contributed by atoms with E-state index in [4.69, 9.17) is 16.7 Å². The zero-order valence-electron chi connectivity index (χ0n) is 9.98. The molecule has 1 amide bonds. The van der Waals surface area contributed by atoms with Crippen LogP contribution in [0.25, 0.3) is 0 Å². The van der Waals surface area contributed by atoms with Crippen molar-refractivity contribution in [2.24, 2.45) is 7.05 Å². The standard InChI is InChI=1S/C12H10ClN3O2S/c1-16-7-8(13)5-10(16)11(18)15-12-14-6-9(19-12)3-2-4-17/h5-7,17H,4H2,1H3,(H,14,15,18). The Labute approximate surface area is 118 Å². The molecule has 0 saturated heterocycles. The van der Waals surface area contributed by atoms with E-state index < -0.39 is 0 Å². The van der Waals surface area contributed by atoms with Crippen LogP contribution in [0.3, 0.4) is 0 Å². The van der Waals surface area contributed by atoms with Crippen molar-refractivity contribution < 1.29 is 9.90 Å². The number of aliphatic hydroxyl groups is 1. The van der Waals surface area contributed by atoms with Gasteiger partial charge in [0.05, 0.1) is 16.1 Å². The molecule has 0 aliphatic heterocycles. The molecule has 7 heteroatoms. The number of aliphatic hydroxyl groups excluding tert-OH is 1. The molecule has 0 radical (unpaired) electrons. The zero-order chi connectivity index (χ0) is 13.8. The molecular formula is C12H10ClN3O2S. The van der Waals surface area contributed by atoms with Gasteiger partial charge in [0.2, 0.25) is 0 Å². The van der Waals surface area contributed by atoms with Crippen molar-refractivity contribution in [3.63, 3.8) is 0 Å². The molecule has 98 valence electrons. The predicted octanol–water partition coefficient (Wildman–Crippen LogP) is 1.73. The summed E-state index contributed by atoms with van der Waals surface area (Å²) in [5.41, 5.74) is 0.447. The van der Waals surface area contributed by atoms with Crippen LogP contribution in [-0.4, -0.2) is 27.2 Å². The van der Waals surface area contributed by atoms with Crippen molar-refractivity contribution in [3.05, 3.63) is 34.1 Å². The molecule has 5 nitrogen and oxygen atoms in total. The number of thiazole rings is 1. The second kappa shape index (κ2) is 5.89. The quantitative estimate of drug-likeness (QED) is 0.829. The van der Waals surface area contributed by atoms with Gasteiger partial charge >= 0.3 is 0 Å².